The number of nitrogens with zero attached hydrogens (tertiary/aromatic N) is 3. The molecule has 2 aromatic carbocycles. The molecule has 76 heavy (non-hydrogen) atoms. The molecule has 0 aliphatic carbocycles. The number of cyclic esters (lactones) is 1. The van der Waals surface area contributed by atoms with E-state index in [9.17, 15) is 58.5 Å². The van der Waals surface area contributed by atoms with Gasteiger partial charge in [-0.2, -0.15) is 0 Å². The highest BCUT2D eigenvalue weighted by molar-refractivity contribution is 6.13. The molecule has 6 amide bonds. The molecule has 0 saturated carbocycles. The Labute approximate surface area is 427 Å². The second-order valence-electron chi connectivity index (χ2n) is 18.1. The molecule has 8 heterocycles. The number of aliphatic hydroxyl groups is 2. The Balaban J connectivity index is 0.795. The third kappa shape index (κ3) is 9.71. The van der Waals surface area contributed by atoms with Gasteiger partial charge in [-0.05, 0) is 41.8 Å². The maximum Gasteiger partial charge on any atom is 0.407 e. The number of pyridine rings is 2. The van der Waals surface area contributed by atoms with Gasteiger partial charge >= 0.3 is 18.0 Å². The minimum Gasteiger partial charge on any atom is -0.479 e. The fourth-order valence-corrected chi connectivity index (χ4v) is 9.52. The number of carbonyl (C=O) groups excluding carboxylic acids is 7. The van der Waals surface area contributed by atoms with Gasteiger partial charge in [0.2, 0.25) is 30.8 Å². The monoisotopic (exact) mass is 1050 g/mol. The molecule has 2 fully saturated rings. The lowest BCUT2D eigenvalue weighted by molar-refractivity contribution is -0.249. The maximum absolute atomic E-state index is 13.9. The summed E-state index contributed by atoms with van der Waals surface area (Å²) in [5.41, 5.74) is 0.245. The van der Waals surface area contributed by atoms with Crippen LogP contribution in [0.2, 0.25) is 0 Å². The minimum atomic E-state index is -2.05. The summed E-state index contributed by atoms with van der Waals surface area (Å²) in [6, 6.07) is 9.06. The van der Waals surface area contributed by atoms with Crippen LogP contribution in [-0.4, -0.2) is 141 Å². The molecule has 0 radical (unpaired) electrons. The van der Waals surface area contributed by atoms with Crippen LogP contribution in [0.25, 0.3) is 22.3 Å². The Morgan fingerprint density at radius 1 is 0.868 bits per heavy atom. The first-order valence-electron chi connectivity index (χ1n) is 23.8. The molecular weight excluding hydrogens is 1010 g/mol. The molecule has 0 bridgehead atoms. The van der Waals surface area contributed by atoms with E-state index in [0.717, 1.165) is 17.1 Å². The van der Waals surface area contributed by atoms with Gasteiger partial charge in [-0.15, -0.1) is 0 Å². The van der Waals surface area contributed by atoms with Gasteiger partial charge < -0.3 is 79.0 Å². The highest BCUT2D eigenvalue weighted by Gasteiger charge is 2.54. The van der Waals surface area contributed by atoms with Gasteiger partial charge in [0, 0.05) is 67.2 Å². The number of rotatable bonds is 17. The number of anilines is 1. The number of hydrogen-bond donors (Lipinski definition) is 7. The van der Waals surface area contributed by atoms with Gasteiger partial charge in [0.05, 0.1) is 34.7 Å². The molecule has 2 aromatic heterocycles. The van der Waals surface area contributed by atoms with Crippen LogP contribution >= 0.6 is 0 Å². The quantitative estimate of drug-likeness (QED) is 0.0452. The molecule has 6 aliphatic rings. The maximum atomic E-state index is 13.9. The van der Waals surface area contributed by atoms with Crippen molar-refractivity contribution in [3.8, 4) is 28.6 Å². The molecular formula is C49H47N7O20. The van der Waals surface area contributed by atoms with Gasteiger partial charge in [-0.3, -0.25) is 33.7 Å². The number of carboxylic acid groups (broad SMARTS) is 1. The Morgan fingerprint density at radius 2 is 1.63 bits per heavy atom. The lowest BCUT2D eigenvalue weighted by Crippen LogP contribution is -2.60. The van der Waals surface area contributed by atoms with Crippen LogP contribution < -0.4 is 41.0 Å². The number of aromatic nitrogens is 2. The first-order chi connectivity index (χ1) is 36.5. The van der Waals surface area contributed by atoms with Gasteiger partial charge in [0.15, 0.2) is 23.2 Å². The third-order valence-corrected chi connectivity index (χ3v) is 13.5. The first kappa shape index (κ1) is 51.0. The second kappa shape index (κ2) is 20.7. The van der Waals surface area contributed by atoms with E-state index >= 15 is 0 Å². The predicted molar refractivity (Wildman–Crippen MR) is 251 cm³/mol. The summed E-state index contributed by atoms with van der Waals surface area (Å²) >= 11 is 0. The number of esters is 1. The van der Waals surface area contributed by atoms with E-state index in [2.05, 4.69) is 21.3 Å². The number of ether oxygens (including phenoxy) is 8. The molecule has 3 unspecified atom stereocenters. The number of amides is 6. The lowest BCUT2D eigenvalue weighted by atomic mass is 9.86. The largest absolute Gasteiger partial charge is 0.479 e. The number of carbonyl (C=O) groups is 8. The van der Waals surface area contributed by atoms with Gasteiger partial charge in [0.25, 0.3) is 17.4 Å². The standard InChI is InChI=1S/C49H47N7O20/c1-2-49(68)27-13-30-39-25(17-56(30)44(63)26(27)19-69-47(49)66)24(23-12-32-33(72-20-71-32)14-28(23)54-39)15-51-36(59)16-52-48(67)70-18-22-3-4-31(75-46-40(62)41-42(74-21-73-41)43(76-46)45(64)65)29(11-22)53-35(58)7-9-50-34(57)8-10-55-37(60)5-6-38(55)61/h3-6,11-14,40-43,46,62,68H,2,7-10,15-21H2,1H3,(H,50,57)(H,51,59)(H,52,67)(H,53,58)(H,64,65)/t40?,41?,42-,43?,46+,49-/m0/s1. The predicted octanol–water partition coefficient (Wildman–Crippen LogP) is -0.598. The van der Waals surface area contributed by atoms with Crippen molar-refractivity contribution in [1.82, 2.24) is 30.4 Å². The smallest absolute Gasteiger partial charge is 0.407 e. The van der Waals surface area contributed by atoms with Crippen molar-refractivity contribution in [2.75, 3.05) is 38.5 Å². The summed E-state index contributed by atoms with van der Waals surface area (Å²) in [6.45, 7) is -0.463. The number of aliphatic hydroxyl groups excluding tert-OH is 1. The molecule has 27 nitrogen and oxygen atoms in total. The Kier molecular flexibility index (Phi) is 13.9. The number of nitrogens with one attached hydrogen (secondary N) is 4. The van der Waals surface area contributed by atoms with Crippen molar-refractivity contribution in [3.63, 3.8) is 0 Å². The molecule has 6 atom stereocenters. The average molecular weight is 1050 g/mol. The van der Waals surface area contributed by atoms with E-state index in [1.807, 2.05) is 0 Å². The topological polar surface area (TPSA) is 357 Å². The van der Waals surface area contributed by atoms with E-state index in [0.29, 0.717) is 44.9 Å². The number of hydrogen-bond acceptors (Lipinski definition) is 20. The average Bonchev–Trinajstić information content (AvgIpc) is 4.27. The highest BCUT2D eigenvalue weighted by atomic mass is 16.8. The number of carboxylic acids is 1. The first-order valence-corrected chi connectivity index (χ1v) is 23.8. The summed E-state index contributed by atoms with van der Waals surface area (Å²) in [6.07, 6.45) is -6.46. The van der Waals surface area contributed by atoms with E-state index in [4.69, 9.17) is 42.9 Å². The van der Waals surface area contributed by atoms with Crippen LogP contribution in [0.15, 0.2) is 53.3 Å². The molecule has 7 N–H and O–H groups in total. The SMILES string of the molecule is CC[C@@]1(O)C(=O)OCc2c1cc1n(c2=O)Cc2c-1nc1cc3c(cc1c2CNC(=O)CNC(=O)OCc1ccc(O[C@@H]2OC(C(=O)O)[C@H]4OCOC4C2O)c(NC(=O)CCNC(=O)CCN2C(=O)C=CC2=O)c1)OCO3. The lowest BCUT2D eigenvalue weighted by Gasteiger charge is -2.38. The van der Waals surface area contributed by atoms with E-state index in [1.54, 1.807) is 25.1 Å². The van der Waals surface area contributed by atoms with Gasteiger partial charge in [0.1, 0.15) is 50.6 Å². The molecule has 27 heteroatoms. The number of alkyl carbamates (subject to hydrolysis) is 1. The molecule has 6 aliphatic heterocycles. The Morgan fingerprint density at radius 3 is 2.39 bits per heavy atom. The van der Waals surface area contributed by atoms with E-state index < -0.39 is 103 Å². The molecule has 398 valence electrons. The number of benzene rings is 2. The van der Waals surface area contributed by atoms with Crippen LogP contribution in [0.1, 0.15) is 54.0 Å². The zero-order valence-electron chi connectivity index (χ0n) is 40.1. The molecule has 0 spiro atoms. The van der Waals surface area contributed by atoms with Crippen LogP contribution in [0.4, 0.5) is 10.5 Å². The van der Waals surface area contributed by atoms with E-state index in [1.165, 1.54) is 22.8 Å². The number of imide groups is 1. The van der Waals surface area contributed by atoms with Crippen molar-refractivity contribution in [2.24, 2.45) is 0 Å². The molecule has 2 saturated heterocycles. The number of fused-ring (bicyclic) bond motifs is 7. The normalized spacial score (nSPS) is 22.5. The van der Waals surface area contributed by atoms with Crippen LogP contribution in [0, 0.1) is 0 Å². The van der Waals surface area contributed by atoms with Crippen molar-refractivity contribution in [3.05, 3.63) is 86.7 Å². The van der Waals surface area contributed by atoms with Crippen LogP contribution in [0.5, 0.6) is 17.2 Å². The van der Waals surface area contributed by atoms with Crippen molar-refractivity contribution < 1.29 is 91.6 Å². The number of aliphatic carboxylic acids is 1. The van der Waals surface area contributed by atoms with Crippen molar-refractivity contribution in [2.45, 2.75) is 88.8 Å². The van der Waals surface area contributed by atoms with Crippen LogP contribution in [-0.2, 0) is 89.2 Å². The zero-order chi connectivity index (χ0) is 53.6. The van der Waals surface area contributed by atoms with Crippen LogP contribution in [0.3, 0.4) is 0 Å². The van der Waals surface area contributed by atoms with Gasteiger partial charge in [-0.1, -0.05) is 13.0 Å². The third-order valence-electron chi connectivity index (χ3n) is 13.5. The zero-order valence-corrected chi connectivity index (χ0v) is 40.1. The Hall–Kier alpha value is -8.50. The van der Waals surface area contributed by atoms with Gasteiger partial charge in [-0.25, -0.2) is 19.4 Å². The van der Waals surface area contributed by atoms with Crippen molar-refractivity contribution in [1.29, 1.82) is 0 Å². The Bertz CT molecular complexity index is 3210. The summed E-state index contributed by atoms with van der Waals surface area (Å²) in [7, 11) is 0. The van der Waals surface area contributed by atoms with Crippen molar-refractivity contribution >= 4 is 64.2 Å². The fourth-order valence-electron chi connectivity index (χ4n) is 9.52. The second-order valence-corrected chi connectivity index (χ2v) is 18.1. The highest BCUT2D eigenvalue weighted by Crippen LogP contribution is 2.43. The fraction of sp³-hybridized carbons (Fsp3) is 0.388. The minimum absolute atomic E-state index is 0.0268. The molecule has 4 aromatic rings. The molecule has 10 rings (SSSR count). The van der Waals surface area contributed by atoms with E-state index in [-0.39, 0.29) is 93.8 Å². The summed E-state index contributed by atoms with van der Waals surface area (Å²) < 4.78 is 45.5. The summed E-state index contributed by atoms with van der Waals surface area (Å²) in [5.74, 6) is -4.49. The summed E-state index contributed by atoms with van der Waals surface area (Å²) in [5, 5.41) is 43.1. The summed E-state index contributed by atoms with van der Waals surface area (Å²) in [4.78, 5) is 120.